The van der Waals surface area contributed by atoms with Crippen LogP contribution in [0.4, 0.5) is 4.39 Å². The Hall–Kier alpha value is -1.83. The molecular weight excluding hydrogens is 201 g/mol. The SMILES string of the molecule is FC1(n2ccc3ccccc32)C=CC=CC1. The predicted molar refractivity (Wildman–Crippen MR) is 63.9 cm³/mol. The normalized spacial score (nSPS) is 24.1. The van der Waals surface area contributed by atoms with Gasteiger partial charge in [0.1, 0.15) is 0 Å². The van der Waals surface area contributed by atoms with Gasteiger partial charge in [-0.15, -0.1) is 0 Å². The fourth-order valence-electron chi connectivity index (χ4n) is 2.17. The number of halogens is 1. The summed E-state index contributed by atoms with van der Waals surface area (Å²) in [7, 11) is 0. The first-order chi connectivity index (χ1) is 7.80. The lowest BCUT2D eigenvalue weighted by Crippen LogP contribution is -2.25. The van der Waals surface area contributed by atoms with Crippen molar-refractivity contribution in [1.29, 1.82) is 0 Å². The van der Waals surface area contributed by atoms with Crippen molar-refractivity contribution in [2.75, 3.05) is 0 Å². The number of alkyl halides is 1. The van der Waals surface area contributed by atoms with E-state index in [4.69, 9.17) is 0 Å². The Balaban J connectivity index is 2.19. The van der Waals surface area contributed by atoms with Crippen LogP contribution < -0.4 is 0 Å². The molecule has 0 fully saturated rings. The molecule has 0 N–H and O–H groups in total. The zero-order valence-corrected chi connectivity index (χ0v) is 8.81. The van der Waals surface area contributed by atoms with Gasteiger partial charge >= 0.3 is 0 Å². The number of hydrogen-bond acceptors (Lipinski definition) is 0. The first-order valence-electron chi connectivity index (χ1n) is 5.39. The highest BCUT2D eigenvalue weighted by molar-refractivity contribution is 5.80. The van der Waals surface area contributed by atoms with E-state index in [2.05, 4.69) is 0 Å². The maximum atomic E-state index is 14.7. The average molecular weight is 213 g/mol. The van der Waals surface area contributed by atoms with E-state index in [1.165, 1.54) is 0 Å². The smallest absolute Gasteiger partial charge is 0.209 e. The first-order valence-corrected chi connectivity index (χ1v) is 5.39. The minimum absolute atomic E-state index is 0.391. The molecule has 1 aliphatic rings. The molecule has 0 amide bonds. The molecule has 0 aliphatic heterocycles. The molecule has 2 heteroatoms. The van der Waals surface area contributed by atoms with Gasteiger partial charge in [-0.05, 0) is 23.6 Å². The Kier molecular flexibility index (Phi) is 1.96. The van der Waals surface area contributed by atoms with Crippen molar-refractivity contribution < 1.29 is 4.39 Å². The van der Waals surface area contributed by atoms with E-state index in [-0.39, 0.29) is 0 Å². The van der Waals surface area contributed by atoms with Crippen LogP contribution in [-0.4, -0.2) is 4.57 Å². The van der Waals surface area contributed by atoms with Crippen molar-refractivity contribution in [3.63, 3.8) is 0 Å². The zero-order valence-electron chi connectivity index (χ0n) is 8.81. The maximum absolute atomic E-state index is 14.7. The van der Waals surface area contributed by atoms with Crippen LogP contribution in [0.3, 0.4) is 0 Å². The Labute approximate surface area is 93.5 Å². The third kappa shape index (κ3) is 1.30. The minimum Gasteiger partial charge on any atom is -0.311 e. The van der Waals surface area contributed by atoms with Crippen LogP contribution in [-0.2, 0) is 5.79 Å². The molecule has 3 rings (SSSR count). The van der Waals surface area contributed by atoms with Crippen molar-refractivity contribution in [2.24, 2.45) is 0 Å². The Morgan fingerprint density at radius 1 is 1.12 bits per heavy atom. The number of para-hydroxylation sites is 1. The molecule has 1 unspecified atom stereocenters. The van der Waals surface area contributed by atoms with Crippen molar-refractivity contribution in [1.82, 2.24) is 4.57 Å². The number of allylic oxidation sites excluding steroid dienone is 4. The molecule has 1 aromatic carbocycles. The molecule has 0 saturated carbocycles. The molecule has 0 saturated heterocycles. The van der Waals surface area contributed by atoms with Gasteiger partial charge in [0.25, 0.3) is 0 Å². The Morgan fingerprint density at radius 3 is 2.81 bits per heavy atom. The summed E-state index contributed by atoms with van der Waals surface area (Å²) in [6, 6.07) is 9.79. The first kappa shape index (κ1) is 9.40. The van der Waals surface area contributed by atoms with E-state index in [0.717, 1.165) is 10.9 Å². The average Bonchev–Trinajstić information content (AvgIpc) is 2.74. The van der Waals surface area contributed by atoms with Crippen molar-refractivity contribution in [3.8, 4) is 0 Å². The highest BCUT2D eigenvalue weighted by atomic mass is 19.1. The zero-order chi connectivity index (χ0) is 11.0. The summed E-state index contributed by atoms with van der Waals surface area (Å²) in [5.41, 5.74) is 0.935. The van der Waals surface area contributed by atoms with Crippen molar-refractivity contribution in [3.05, 3.63) is 60.8 Å². The molecule has 1 nitrogen and oxygen atoms in total. The van der Waals surface area contributed by atoms with Crippen LogP contribution in [0.2, 0.25) is 0 Å². The summed E-state index contributed by atoms with van der Waals surface area (Å²) in [6.45, 7) is 0. The largest absolute Gasteiger partial charge is 0.311 e. The highest BCUT2D eigenvalue weighted by Crippen LogP contribution is 2.32. The fraction of sp³-hybridized carbons (Fsp3) is 0.143. The Morgan fingerprint density at radius 2 is 2.00 bits per heavy atom. The summed E-state index contributed by atoms with van der Waals surface area (Å²) in [5.74, 6) is -1.42. The van der Waals surface area contributed by atoms with Crippen LogP contribution >= 0.6 is 0 Å². The molecule has 80 valence electrons. The number of fused-ring (bicyclic) bond motifs is 1. The lowest BCUT2D eigenvalue weighted by atomic mass is 10.1. The quantitative estimate of drug-likeness (QED) is 0.679. The van der Waals surface area contributed by atoms with Gasteiger partial charge in [-0.3, -0.25) is 0 Å². The van der Waals surface area contributed by atoms with Gasteiger partial charge in [-0.25, -0.2) is 4.39 Å². The van der Waals surface area contributed by atoms with Gasteiger partial charge in [0.05, 0.1) is 5.52 Å². The number of nitrogens with zero attached hydrogens (tertiary/aromatic N) is 1. The van der Waals surface area contributed by atoms with E-state index in [1.54, 1.807) is 16.7 Å². The number of rotatable bonds is 1. The molecule has 1 aliphatic carbocycles. The summed E-state index contributed by atoms with van der Waals surface area (Å²) in [5, 5.41) is 1.07. The summed E-state index contributed by atoms with van der Waals surface area (Å²) < 4.78 is 16.4. The molecular formula is C14H12FN. The second-order valence-electron chi connectivity index (χ2n) is 4.05. The molecule has 1 atom stereocenters. The van der Waals surface area contributed by atoms with Crippen LogP contribution in [0.5, 0.6) is 0 Å². The van der Waals surface area contributed by atoms with E-state index < -0.39 is 5.79 Å². The number of hydrogen-bond donors (Lipinski definition) is 0. The maximum Gasteiger partial charge on any atom is 0.209 e. The molecule has 16 heavy (non-hydrogen) atoms. The predicted octanol–water partition coefficient (Wildman–Crippen LogP) is 3.78. The second-order valence-corrected chi connectivity index (χ2v) is 4.05. The number of benzene rings is 1. The molecule has 0 spiro atoms. The van der Waals surface area contributed by atoms with Crippen LogP contribution in [0.1, 0.15) is 6.42 Å². The van der Waals surface area contributed by atoms with Crippen LogP contribution in [0.15, 0.2) is 60.8 Å². The van der Waals surface area contributed by atoms with E-state index in [9.17, 15) is 4.39 Å². The molecule has 1 aromatic heterocycles. The van der Waals surface area contributed by atoms with Crippen LogP contribution in [0, 0.1) is 0 Å². The summed E-state index contributed by atoms with van der Waals surface area (Å²) in [6.07, 6.45) is 9.31. The number of aromatic nitrogens is 1. The lowest BCUT2D eigenvalue weighted by molar-refractivity contribution is 0.141. The van der Waals surface area contributed by atoms with Gasteiger partial charge in [0.2, 0.25) is 5.79 Å². The molecule has 1 heterocycles. The standard InChI is InChI=1S/C14H12FN/c15-14(9-4-1-5-10-14)16-11-8-12-6-2-3-7-13(12)16/h1-9,11H,10H2. The summed E-state index contributed by atoms with van der Waals surface area (Å²) >= 11 is 0. The third-order valence-corrected chi connectivity index (χ3v) is 3.00. The van der Waals surface area contributed by atoms with Gasteiger partial charge < -0.3 is 4.57 Å². The Bertz CT molecular complexity index is 579. The van der Waals surface area contributed by atoms with Crippen molar-refractivity contribution >= 4 is 10.9 Å². The van der Waals surface area contributed by atoms with Crippen molar-refractivity contribution in [2.45, 2.75) is 12.2 Å². The molecule has 0 radical (unpaired) electrons. The van der Waals surface area contributed by atoms with Gasteiger partial charge in [0, 0.05) is 12.6 Å². The molecule has 0 bridgehead atoms. The highest BCUT2D eigenvalue weighted by Gasteiger charge is 2.28. The fourth-order valence-corrected chi connectivity index (χ4v) is 2.17. The summed E-state index contributed by atoms with van der Waals surface area (Å²) in [4.78, 5) is 0. The third-order valence-electron chi connectivity index (χ3n) is 3.00. The van der Waals surface area contributed by atoms with E-state index >= 15 is 0 Å². The lowest BCUT2D eigenvalue weighted by Gasteiger charge is -2.25. The van der Waals surface area contributed by atoms with Gasteiger partial charge in [-0.1, -0.05) is 36.4 Å². The van der Waals surface area contributed by atoms with Crippen LogP contribution in [0.25, 0.3) is 10.9 Å². The monoisotopic (exact) mass is 213 g/mol. The topological polar surface area (TPSA) is 4.93 Å². The van der Waals surface area contributed by atoms with Gasteiger partial charge in [0.15, 0.2) is 0 Å². The van der Waals surface area contributed by atoms with E-state index in [1.807, 2.05) is 48.7 Å². The van der Waals surface area contributed by atoms with E-state index in [0.29, 0.717) is 6.42 Å². The minimum atomic E-state index is -1.42. The second kappa shape index (κ2) is 3.34. The molecule has 2 aromatic rings. The van der Waals surface area contributed by atoms with Gasteiger partial charge in [-0.2, -0.15) is 0 Å².